The summed E-state index contributed by atoms with van der Waals surface area (Å²) in [5.74, 6) is -0.610. The standard InChI is InChI=1S/C9H7ClN2O2/c10-7-3-6(4-8(12)5-7)9(13)14-2-1-11/h3-5H,2,12H2. The molecule has 0 bridgehead atoms. The number of ether oxygens (including phenoxy) is 1. The number of nitriles is 1. The third-order valence-electron chi connectivity index (χ3n) is 1.42. The van der Waals surface area contributed by atoms with Gasteiger partial charge in [-0.2, -0.15) is 5.26 Å². The van der Waals surface area contributed by atoms with E-state index < -0.39 is 5.97 Å². The van der Waals surface area contributed by atoms with Gasteiger partial charge in [0, 0.05) is 10.7 Å². The molecule has 4 nitrogen and oxygen atoms in total. The molecule has 0 aliphatic rings. The summed E-state index contributed by atoms with van der Waals surface area (Å²) in [6, 6.07) is 6.07. The molecule has 0 spiro atoms. The number of carbonyl (C=O) groups is 1. The van der Waals surface area contributed by atoms with E-state index in [1.165, 1.54) is 18.2 Å². The van der Waals surface area contributed by atoms with Crippen LogP contribution in [0, 0.1) is 11.3 Å². The molecule has 1 rings (SSSR count). The lowest BCUT2D eigenvalue weighted by Gasteiger charge is -2.02. The number of anilines is 1. The minimum atomic E-state index is -0.610. The maximum Gasteiger partial charge on any atom is 0.339 e. The van der Waals surface area contributed by atoms with E-state index in [0.29, 0.717) is 10.7 Å². The van der Waals surface area contributed by atoms with Crippen molar-refractivity contribution in [1.82, 2.24) is 0 Å². The molecule has 14 heavy (non-hydrogen) atoms. The summed E-state index contributed by atoms with van der Waals surface area (Å²) in [7, 11) is 0. The second-order valence-corrected chi connectivity index (χ2v) is 2.94. The molecule has 1 aromatic rings. The van der Waals surface area contributed by atoms with E-state index in [0.717, 1.165) is 0 Å². The molecule has 0 radical (unpaired) electrons. The average molecular weight is 211 g/mol. The fourth-order valence-corrected chi connectivity index (χ4v) is 1.15. The van der Waals surface area contributed by atoms with E-state index >= 15 is 0 Å². The molecule has 0 saturated carbocycles. The van der Waals surface area contributed by atoms with Crippen molar-refractivity contribution < 1.29 is 9.53 Å². The Balaban J connectivity index is 2.85. The molecule has 0 amide bonds. The van der Waals surface area contributed by atoms with Gasteiger partial charge in [-0.25, -0.2) is 4.79 Å². The van der Waals surface area contributed by atoms with Crippen molar-refractivity contribution in [1.29, 1.82) is 5.26 Å². The van der Waals surface area contributed by atoms with Crippen LogP contribution >= 0.6 is 11.6 Å². The van der Waals surface area contributed by atoms with Crippen molar-refractivity contribution in [2.45, 2.75) is 0 Å². The van der Waals surface area contributed by atoms with Crippen molar-refractivity contribution >= 4 is 23.3 Å². The number of nitrogens with two attached hydrogens (primary N) is 1. The number of halogens is 1. The molecule has 0 heterocycles. The normalized spacial score (nSPS) is 9.14. The Kier molecular flexibility index (Phi) is 3.32. The van der Waals surface area contributed by atoms with E-state index in [9.17, 15) is 4.79 Å². The van der Waals surface area contributed by atoms with Gasteiger partial charge in [-0.3, -0.25) is 0 Å². The number of nitrogen functional groups attached to an aromatic ring is 1. The zero-order chi connectivity index (χ0) is 10.6. The first-order valence-corrected chi connectivity index (χ1v) is 4.11. The lowest BCUT2D eigenvalue weighted by atomic mass is 10.2. The van der Waals surface area contributed by atoms with E-state index in [2.05, 4.69) is 4.74 Å². The lowest BCUT2D eigenvalue weighted by molar-refractivity contribution is 0.0555. The molecule has 0 fully saturated rings. The van der Waals surface area contributed by atoms with Gasteiger partial charge in [0.15, 0.2) is 6.61 Å². The molecule has 72 valence electrons. The molecule has 0 aliphatic heterocycles. The Bertz CT molecular complexity index is 378. The van der Waals surface area contributed by atoms with E-state index in [1.54, 1.807) is 6.07 Å². The molecular weight excluding hydrogens is 204 g/mol. The van der Waals surface area contributed by atoms with Gasteiger partial charge in [0.1, 0.15) is 6.07 Å². The third kappa shape index (κ3) is 2.64. The van der Waals surface area contributed by atoms with Crippen LogP contribution in [-0.4, -0.2) is 12.6 Å². The highest BCUT2D eigenvalue weighted by Gasteiger charge is 2.08. The van der Waals surface area contributed by atoms with Gasteiger partial charge in [0.05, 0.1) is 5.56 Å². The SMILES string of the molecule is N#CCOC(=O)c1cc(N)cc(Cl)c1. The fourth-order valence-electron chi connectivity index (χ4n) is 0.911. The highest BCUT2D eigenvalue weighted by atomic mass is 35.5. The van der Waals surface area contributed by atoms with E-state index in [4.69, 9.17) is 22.6 Å². The summed E-state index contributed by atoms with van der Waals surface area (Å²) in [5, 5.41) is 8.55. The Morgan fingerprint density at radius 2 is 2.29 bits per heavy atom. The van der Waals surface area contributed by atoms with Gasteiger partial charge in [-0.1, -0.05) is 11.6 Å². The number of esters is 1. The summed E-state index contributed by atoms with van der Waals surface area (Å²) >= 11 is 5.68. The van der Waals surface area contributed by atoms with Crippen molar-refractivity contribution in [3.05, 3.63) is 28.8 Å². The van der Waals surface area contributed by atoms with Crippen molar-refractivity contribution in [3.63, 3.8) is 0 Å². The first kappa shape index (κ1) is 10.4. The fraction of sp³-hybridized carbons (Fsp3) is 0.111. The van der Waals surface area contributed by atoms with Gasteiger partial charge in [-0.05, 0) is 18.2 Å². The Morgan fingerprint density at radius 3 is 2.86 bits per heavy atom. The second-order valence-electron chi connectivity index (χ2n) is 2.51. The molecule has 5 heteroatoms. The largest absolute Gasteiger partial charge is 0.447 e. The number of hydrogen-bond donors (Lipinski definition) is 1. The molecule has 0 atom stereocenters. The molecular formula is C9H7ClN2O2. The van der Waals surface area contributed by atoms with Crippen LogP contribution < -0.4 is 5.73 Å². The highest BCUT2D eigenvalue weighted by molar-refractivity contribution is 6.31. The first-order valence-electron chi connectivity index (χ1n) is 3.73. The molecule has 0 aliphatic carbocycles. The number of rotatable bonds is 2. The van der Waals surface area contributed by atoms with Gasteiger partial charge in [0.25, 0.3) is 0 Å². The zero-order valence-electron chi connectivity index (χ0n) is 7.16. The first-order chi connectivity index (χ1) is 6.63. The van der Waals surface area contributed by atoms with Gasteiger partial charge < -0.3 is 10.5 Å². The predicted octanol–water partition coefficient (Wildman–Crippen LogP) is 1.60. The average Bonchev–Trinajstić information content (AvgIpc) is 2.12. The number of carbonyl (C=O) groups excluding carboxylic acids is 1. The summed E-state index contributed by atoms with van der Waals surface area (Å²) in [4.78, 5) is 11.2. The van der Waals surface area contributed by atoms with Crippen LogP contribution in [0.15, 0.2) is 18.2 Å². The Labute approximate surface area is 85.8 Å². The summed E-state index contributed by atoms with van der Waals surface area (Å²) in [6.45, 7) is -0.286. The van der Waals surface area contributed by atoms with Crippen LogP contribution in [0.4, 0.5) is 5.69 Å². The van der Waals surface area contributed by atoms with Gasteiger partial charge in [-0.15, -0.1) is 0 Å². The molecule has 2 N–H and O–H groups in total. The zero-order valence-corrected chi connectivity index (χ0v) is 7.91. The van der Waals surface area contributed by atoms with Crippen LogP contribution in [0.5, 0.6) is 0 Å². The minimum Gasteiger partial charge on any atom is -0.447 e. The molecule has 0 aromatic heterocycles. The molecule has 0 saturated heterocycles. The third-order valence-corrected chi connectivity index (χ3v) is 1.64. The molecule has 0 unspecified atom stereocenters. The van der Waals surface area contributed by atoms with Crippen molar-refractivity contribution in [3.8, 4) is 6.07 Å². The predicted molar refractivity (Wildman–Crippen MR) is 51.8 cm³/mol. The highest BCUT2D eigenvalue weighted by Crippen LogP contribution is 2.17. The van der Waals surface area contributed by atoms with Crippen molar-refractivity contribution in [2.75, 3.05) is 12.3 Å². The topological polar surface area (TPSA) is 76.1 Å². The van der Waals surface area contributed by atoms with Crippen LogP contribution in [0.2, 0.25) is 5.02 Å². The maximum absolute atomic E-state index is 11.2. The van der Waals surface area contributed by atoms with Gasteiger partial charge in [0.2, 0.25) is 0 Å². The summed E-state index contributed by atoms with van der Waals surface area (Å²) in [6.07, 6.45) is 0. The summed E-state index contributed by atoms with van der Waals surface area (Å²) in [5.41, 5.74) is 6.09. The minimum absolute atomic E-state index is 0.241. The second kappa shape index (κ2) is 4.49. The molecule has 1 aromatic carbocycles. The number of benzene rings is 1. The Hall–Kier alpha value is -1.73. The quantitative estimate of drug-likeness (QED) is 0.594. The van der Waals surface area contributed by atoms with Crippen LogP contribution in [0.25, 0.3) is 0 Å². The smallest absolute Gasteiger partial charge is 0.339 e. The lowest BCUT2D eigenvalue weighted by Crippen LogP contribution is -2.05. The van der Waals surface area contributed by atoms with Gasteiger partial charge >= 0.3 is 5.97 Å². The van der Waals surface area contributed by atoms with E-state index in [-0.39, 0.29) is 12.2 Å². The van der Waals surface area contributed by atoms with Crippen LogP contribution in [0.3, 0.4) is 0 Å². The van der Waals surface area contributed by atoms with E-state index in [1.807, 2.05) is 0 Å². The maximum atomic E-state index is 11.2. The summed E-state index contributed by atoms with van der Waals surface area (Å²) < 4.78 is 4.57. The van der Waals surface area contributed by atoms with Crippen molar-refractivity contribution in [2.24, 2.45) is 0 Å². The Morgan fingerprint density at radius 1 is 1.57 bits per heavy atom. The monoisotopic (exact) mass is 210 g/mol. The number of nitrogens with zero attached hydrogens (tertiary/aromatic N) is 1. The number of hydrogen-bond acceptors (Lipinski definition) is 4. The van der Waals surface area contributed by atoms with Crippen LogP contribution in [0.1, 0.15) is 10.4 Å². The van der Waals surface area contributed by atoms with Crippen LogP contribution in [-0.2, 0) is 4.74 Å².